The smallest absolute Gasteiger partial charge is 0.414 e. The third-order valence-electron chi connectivity index (χ3n) is 5.70. The van der Waals surface area contributed by atoms with E-state index < -0.39 is 29.8 Å². The molecule has 10 nitrogen and oxygen atoms in total. The van der Waals surface area contributed by atoms with Crippen LogP contribution in [-0.2, 0) is 19.1 Å². The maximum Gasteiger partial charge on any atom is 0.414 e. The Balaban J connectivity index is 0.00000380. The fourth-order valence-electron chi connectivity index (χ4n) is 3.94. The number of carbonyl (C=O) groups excluding carboxylic acids is 4. The maximum absolute atomic E-state index is 15.0. The molecule has 1 atom stereocenters. The van der Waals surface area contributed by atoms with Gasteiger partial charge in [-0.15, -0.1) is 23.7 Å². The first-order valence-corrected chi connectivity index (χ1v) is 12.4. The predicted molar refractivity (Wildman–Crippen MR) is 138 cm³/mol. The van der Waals surface area contributed by atoms with Gasteiger partial charge < -0.3 is 20.1 Å². The van der Waals surface area contributed by atoms with Crippen molar-refractivity contribution in [2.75, 3.05) is 49.2 Å². The molecule has 0 spiro atoms. The molecular weight excluding hydrogens is 550 g/mol. The van der Waals surface area contributed by atoms with Crippen molar-refractivity contribution in [1.82, 2.24) is 4.90 Å². The fraction of sp³-hybridized carbons (Fsp3) is 0.391. The van der Waals surface area contributed by atoms with Crippen LogP contribution in [0.3, 0.4) is 0 Å². The van der Waals surface area contributed by atoms with E-state index in [9.17, 15) is 19.2 Å². The maximum atomic E-state index is 15.0. The molecular formula is C23H25Cl2FN4O6S. The van der Waals surface area contributed by atoms with E-state index in [0.29, 0.717) is 29.6 Å². The number of amides is 4. The number of halogens is 3. The van der Waals surface area contributed by atoms with Crippen molar-refractivity contribution in [2.45, 2.75) is 18.9 Å². The van der Waals surface area contributed by atoms with Crippen LogP contribution in [0.1, 0.15) is 22.5 Å². The summed E-state index contributed by atoms with van der Waals surface area (Å²) < 4.78 is 25.9. The lowest BCUT2D eigenvalue weighted by Gasteiger charge is -2.27. The van der Waals surface area contributed by atoms with Gasteiger partial charge in [0.1, 0.15) is 18.5 Å². The van der Waals surface area contributed by atoms with Crippen LogP contribution in [0.2, 0.25) is 4.34 Å². The van der Waals surface area contributed by atoms with Crippen molar-refractivity contribution in [2.24, 2.45) is 5.73 Å². The van der Waals surface area contributed by atoms with Crippen molar-refractivity contribution in [3.8, 4) is 0 Å². The number of anilines is 2. The Kier molecular flexibility index (Phi) is 9.85. The minimum Gasteiger partial charge on any atom is -0.442 e. The highest BCUT2D eigenvalue weighted by Gasteiger charge is 2.37. The van der Waals surface area contributed by atoms with Crippen molar-refractivity contribution in [3.05, 3.63) is 45.4 Å². The molecule has 2 saturated heterocycles. The number of carbonyl (C=O) groups is 4. The molecule has 2 aliphatic rings. The van der Waals surface area contributed by atoms with E-state index in [0.717, 1.165) is 21.1 Å². The van der Waals surface area contributed by atoms with Crippen LogP contribution in [0, 0.1) is 5.82 Å². The second kappa shape index (κ2) is 12.7. The zero-order valence-electron chi connectivity index (χ0n) is 19.6. The zero-order chi connectivity index (χ0) is 25.8. The van der Waals surface area contributed by atoms with E-state index in [1.54, 1.807) is 6.07 Å². The quantitative estimate of drug-likeness (QED) is 0.514. The van der Waals surface area contributed by atoms with Crippen LogP contribution < -0.4 is 15.5 Å². The van der Waals surface area contributed by atoms with Crippen LogP contribution in [0.25, 0.3) is 0 Å². The topological polar surface area (TPSA) is 122 Å². The summed E-state index contributed by atoms with van der Waals surface area (Å²) in [6.07, 6.45) is -1.26. The zero-order valence-corrected chi connectivity index (χ0v) is 22.0. The highest BCUT2D eigenvalue weighted by atomic mass is 35.5. The summed E-state index contributed by atoms with van der Waals surface area (Å²) >= 11 is 6.97. The van der Waals surface area contributed by atoms with Gasteiger partial charge in [-0.2, -0.15) is 0 Å². The van der Waals surface area contributed by atoms with Crippen molar-refractivity contribution >= 4 is 70.5 Å². The first-order chi connectivity index (χ1) is 17.3. The fourth-order valence-corrected chi connectivity index (χ4v) is 4.93. The predicted octanol–water partition coefficient (Wildman–Crippen LogP) is 3.06. The number of hydrogen-bond donors (Lipinski definition) is 1. The number of hydrogen-bond acceptors (Lipinski definition) is 8. The van der Waals surface area contributed by atoms with E-state index >= 15 is 4.39 Å². The van der Waals surface area contributed by atoms with Crippen molar-refractivity contribution in [3.63, 3.8) is 0 Å². The van der Waals surface area contributed by atoms with Crippen LogP contribution >= 0.6 is 35.3 Å². The summed E-state index contributed by atoms with van der Waals surface area (Å²) in [5.41, 5.74) is 5.82. The molecule has 3 heterocycles. The monoisotopic (exact) mass is 574 g/mol. The molecule has 0 bridgehead atoms. The van der Waals surface area contributed by atoms with Crippen molar-refractivity contribution in [1.29, 1.82) is 0 Å². The summed E-state index contributed by atoms with van der Waals surface area (Å²) in [5.74, 6) is -2.03. The second-order valence-electron chi connectivity index (χ2n) is 8.16. The van der Waals surface area contributed by atoms with Gasteiger partial charge in [0.15, 0.2) is 0 Å². The molecule has 2 aliphatic heterocycles. The molecule has 0 saturated carbocycles. The Morgan fingerprint density at radius 1 is 1.22 bits per heavy atom. The SMILES string of the molecule is Cl.NCCCC(=O)N(C[C@H]1CN(c2ccc(N3CCOCC3=O)cc2F)C(=O)O1)C(=O)c1ccc(Cl)s1. The number of imide groups is 1. The molecule has 200 valence electrons. The van der Waals surface area contributed by atoms with E-state index in [4.69, 9.17) is 26.8 Å². The third kappa shape index (κ3) is 6.57. The number of morpholine rings is 1. The summed E-state index contributed by atoms with van der Waals surface area (Å²) in [5, 5.41) is 0. The van der Waals surface area contributed by atoms with Crippen LogP contribution in [0.15, 0.2) is 30.3 Å². The van der Waals surface area contributed by atoms with Gasteiger partial charge in [0.2, 0.25) is 5.91 Å². The molecule has 4 amide bonds. The number of cyclic esters (lactones) is 1. The number of benzene rings is 1. The number of rotatable bonds is 8. The minimum atomic E-state index is -0.876. The average Bonchev–Trinajstić information content (AvgIpc) is 3.46. The van der Waals surface area contributed by atoms with Crippen LogP contribution in [0.4, 0.5) is 20.6 Å². The Hall–Kier alpha value is -2.77. The Labute approximate surface area is 227 Å². The standard InChI is InChI=1S/C23H24ClFN4O6S.ClH/c24-19-6-5-18(36-19)22(32)29(20(30)2-1-7-26)12-15-11-28(23(33)35-15)17-4-3-14(10-16(17)25)27-8-9-34-13-21(27)31;/h3-6,10,15H,1-2,7-9,11-13,26H2;1H/t15-;/m1./s1. The summed E-state index contributed by atoms with van der Waals surface area (Å²) in [6, 6.07) is 7.17. The molecule has 0 unspecified atom stereocenters. The Morgan fingerprint density at radius 2 is 2.00 bits per heavy atom. The van der Waals surface area contributed by atoms with Gasteiger partial charge in [-0.3, -0.25) is 24.2 Å². The van der Waals surface area contributed by atoms with Gasteiger partial charge in [-0.25, -0.2) is 9.18 Å². The van der Waals surface area contributed by atoms with E-state index in [1.165, 1.54) is 29.2 Å². The molecule has 14 heteroatoms. The van der Waals surface area contributed by atoms with Gasteiger partial charge in [-0.1, -0.05) is 11.6 Å². The molecule has 4 rings (SSSR count). The van der Waals surface area contributed by atoms with Gasteiger partial charge in [0.25, 0.3) is 11.8 Å². The Morgan fingerprint density at radius 3 is 2.65 bits per heavy atom. The van der Waals surface area contributed by atoms with E-state index in [1.807, 2.05) is 0 Å². The lowest BCUT2D eigenvalue weighted by molar-refractivity contribution is -0.129. The van der Waals surface area contributed by atoms with Gasteiger partial charge in [0, 0.05) is 18.7 Å². The van der Waals surface area contributed by atoms with E-state index in [-0.39, 0.29) is 61.5 Å². The lowest BCUT2D eigenvalue weighted by atomic mass is 10.2. The molecule has 2 aromatic rings. The number of nitrogens with zero attached hydrogens (tertiary/aromatic N) is 3. The molecule has 0 radical (unpaired) electrons. The Bertz CT molecular complexity index is 1180. The third-order valence-corrected chi connectivity index (χ3v) is 6.92. The largest absolute Gasteiger partial charge is 0.442 e. The van der Waals surface area contributed by atoms with E-state index in [2.05, 4.69) is 0 Å². The van der Waals surface area contributed by atoms with Gasteiger partial charge >= 0.3 is 6.09 Å². The first-order valence-electron chi connectivity index (χ1n) is 11.2. The molecule has 37 heavy (non-hydrogen) atoms. The molecule has 2 fully saturated rings. The summed E-state index contributed by atoms with van der Waals surface area (Å²) in [7, 11) is 0. The normalized spacial score (nSPS) is 17.4. The first kappa shape index (κ1) is 28.8. The molecule has 0 aliphatic carbocycles. The lowest BCUT2D eigenvalue weighted by Crippen LogP contribution is -2.43. The number of nitrogens with two attached hydrogens (primary N) is 1. The average molecular weight is 575 g/mol. The second-order valence-corrected chi connectivity index (χ2v) is 9.87. The highest BCUT2D eigenvalue weighted by molar-refractivity contribution is 7.18. The van der Waals surface area contributed by atoms with Crippen LogP contribution in [0.5, 0.6) is 0 Å². The molecule has 1 aromatic heterocycles. The summed E-state index contributed by atoms with van der Waals surface area (Å²) in [4.78, 5) is 54.2. The number of thiophene rings is 1. The highest BCUT2D eigenvalue weighted by Crippen LogP contribution is 2.30. The molecule has 1 aromatic carbocycles. The molecule has 2 N–H and O–H groups in total. The van der Waals surface area contributed by atoms with Gasteiger partial charge in [-0.05, 0) is 43.3 Å². The van der Waals surface area contributed by atoms with Crippen molar-refractivity contribution < 1.29 is 33.0 Å². The van der Waals surface area contributed by atoms with Gasteiger partial charge in [0.05, 0.1) is 34.6 Å². The van der Waals surface area contributed by atoms with Crippen LogP contribution in [-0.4, -0.2) is 74.2 Å². The number of ether oxygens (including phenoxy) is 2. The summed E-state index contributed by atoms with van der Waals surface area (Å²) in [6.45, 7) is 0.540. The minimum absolute atomic E-state index is 0.